The number of thiazole rings is 1. The third-order valence-corrected chi connectivity index (χ3v) is 8.60. The number of benzene rings is 2. The van der Waals surface area contributed by atoms with Crippen LogP contribution in [0.4, 0.5) is 5.13 Å². The lowest BCUT2D eigenvalue weighted by Gasteiger charge is -2.33. The van der Waals surface area contributed by atoms with Crippen LogP contribution in [-0.2, 0) is 16.4 Å². The second-order valence-corrected chi connectivity index (χ2v) is 10.9. The molecule has 4 rings (SSSR count). The minimum atomic E-state index is -3.61. The molecule has 0 saturated carbocycles. The Morgan fingerprint density at radius 3 is 2.30 bits per heavy atom. The molecule has 5 nitrogen and oxygen atoms in total. The zero-order valence-electron chi connectivity index (χ0n) is 15.8. The van der Waals surface area contributed by atoms with Crippen molar-refractivity contribution in [2.24, 2.45) is 0 Å². The van der Waals surface area contributed by atoms with Crippen molar-refractivity contribution >= 4 is 61.3 Å². The molecule has 0 atom stereocenters. The first-order chi connectivity index (χ1) is 14.3. The summed E-state index contributed by atoms with van der Waals surface area (Å²) in [6.07, 6.45) is 0.637. The van der Waals surface area contributed by atoms with Gasteiger partial charge in [0.25, 0.3) is 0 Å². The number of hydrogen-bond donors (Lipinski definition) is 0. The van der Waals surface area contributed by atoms with E-state index in [9.17, 15) is 8.42 Å². The minimum absolute atomic E-state index is 0.150. The van der Waals surface area contributed by atoms with Crippen molar-refractivity contribution in [3.8, 4) is 0 Å². The molecule has 1 fully saturated rings. The number of nitrogens with zero attached hydrogens (tertiary/aromatic N) is 3. The summed E-state index contributed by atoms with van der Waals surface area (Å²) < 4.78 is 27.3. The molecule has 1 aliphatic rings. The van der Waals surface area contributed by atoms with Gasteiger partial charge in [-0.25, -0.2) is 13.4 Å². The van der Waals surface area contributed by atoms with Gasteiger partial charge >= 0.3 is 0 Å². The molecule has 0 unspecified atom stereocenters. The predicted octanol–water partition coefficient (Wildman–Crippen LogP) is 5.21. The second kappa shape index (κ2) is 9.02. The molecule has 0 bridgehead atoms. The van der Waals surface area contributed by atoms with E-state index in [0.29, 0.717) is 42.6 Å². The maximum atomic E-state index is 12.9. The Kier molecular flexibility index (Phi) is 6.58. The fourth-order valence-electron chi connectivity index (χ4n) is 3.36. The van der Waals surface area contributed by atoms with Crippen LogP contribution >= 0.6 is 46.1 Å². The van der Waals surface area contributed by atoms with Crippen LogP contribution in [-0.4, -0.2) is 43.9 Å². The van der Waals surface area contributed by atoms with Gasteiger partial charge in [0, 0.05) is 48.0 Å². The molecule has 0 amide bonds. The molecule has 2 heterocycles. The first-order valence-electron chi connectivity index (χ1n) is 9.22. The van der Waals surface area contributed by atoms with Crippen molar-refractivity contribution < 1.29 is 8.42 Å². The van der Waals surface area contributed by atoms with E-state index in [1.54, 1.807) is 41.7 Å². The molecule has 30 heavy (non-hydrogen) atoms. The van der Waals surface area contributed by atoms with E-state index in [-0.39, 0.29) is 9.92 Å². The molecule has 0 aliphatic carbocycles. The van der Waals surface area contributed by atoms with Crippen molar-refractivity contribution in [2.45, 2.75) is 11.3 Å². The number of aromatic nitrogens is 1. The fraction of sp³-hybridized carbons (Fsp3) is 0.250. The van der Waals surface area contributed by atoms with Gasteiger partial charge in [0.1, 0.15) is 4.90 Å². The molecule has 10 heteroatoms. The monoisotopic (exact) mass is 501 g/mol. The summed E-state index contributed by atoms with van der Waals surface area (Å²) in [5.74, 6) is 0. The van der Waals surface area contributed by atoms with Crippen LogP contribution in [0.25, 0.3) is 0 Å². The molecule has 0 N–H and O–H groups in total. The molecule has 2 aromatic carbocycles. The average molecular weight is 503 g/mol. The highest BCUT2D eigenvalue weighted by atomic mass is 35.5. The molecule has 1 aromatic heterocycles. The summed E-state index contributed by atoms with van der Waals surface area (Å²) in [6.45, 7) is 1.90. The van der Waals surface area contributed by atoms with Gasteiger partial charge in [-0.05, 0) is 35.9 Å². The summed E-state index contributed by atoms with van der Waals surface area (Å²) in [5, 5.41) is 4.34. The standard InChI is InChI=1S/C20H18Cl3N3O2S2/c21-15-9-14(10-16(22)12-15)11-17-13-29-20(24-17)25-5-7-26(8-6-25)30(27,28)19-4-2-1-3-18(19)23/h1-4,9-10,12-13H,5-8,11H2. The largest absolute Gasteiger partial charge is 0.345 e. The number of halogens is 3. The predicted molar refractivity (Wildman–Crippen MR) is 124 cm³/mol. The van der Waals surface area contributed by atoms with Crippen LogP contribution in [0.2, 0.25) is 15.1 Å². The Bertz CT molecular complexity index is 1140. The Morgan fingerprint density at radius 2 is 1.63 bits per heavy atom. The fourth-order valence-corrected chi connectivity index (χ4v) is 6.72. The van der Waals surface area contributed by atoms with E-state index < -0.39 is 10.0 Å². The summed E-state index contributed by atoms with van der Waals surface area (Å²) in [6, 6.07) is 12.0. The molecule has 158 valence electrons. The number of rotatable bonds is 5. The van der Waals surface area contributed by atoms with Crippen LogP contribution in [0.1, 0.15) is 11.3 Å². The van der Waals surface area contributed by atoms with Crippen molar-refractivity contribution in [1.29, 1.82) is 0 Å². The quantitative estimate of drug-likeness (QED) is 0.481. The maximum Gasteiger partial charge on any atom is 0.244 e. The van der Waals surface area contributed by atoms with Gasteiger partial charge in [-0.15, -0.1) is 11.3 Å². The molecule has 1 saturated heterocycles. The third-order valence-electron chi connectivity index (χ3n) is 4.81. The lowest BCUT2D eigenvalue weighted by atomic mass is 10.1. The van der Waals surface area contributed by atoms with Crippen LogP contribution in [0.5, 0.6) is 0 Å². The molecular weight excluding hydrogens is 485 g/mol. The van der Waals surface area contributed by atoms with Gasteiger partial charge in [0.15, 0.2) is 5.13 Å². The maximum absolute atomic E-state index is 12.9. The SMILES string of the molecule is O=S(=O)(c1ccccc1Cl)N1CCN(c2nc(Cc3cc(Cl)cc(Cl)c3)cs2)CC1. The van der Waals surface area contributed by atoms with Gasteiger partial charge in [-0.2, -0.15) is 4.31 Å². The molecule has 3 aromatic rings. The highest BCUT2D eigenvalue weighted by Crippen LogP contribution is 2.28. The van der Waals surface area contributed by atoms with Gasteiger partial charge in [0.05, 0.1) is 10.7 Å². The van der Waals surface area contributed by atoms with Crippen molar-refractivity contribution in [3.05, 3.63) is 74.2 Å². The Hall–Kier alpha value is -1.35. The first-order valence-corrected chi connectivity index (χ1v) is 12.7. The summed E-state index contributed by atoms with van der Waals surface area (Å²) in [7, 11) is -3.61. The topological polar surface area (TPSA) is 53.5 Å². The van der Waals surface area contributed by atoms with Gasteiger partial charge in [0.2, 0.25) is 10.0 Å². The molecule has 1 aliphatic heterocycles. The number of hydrogen-bond acceptors (Lipinski definition) is 5. The summed E-state index contributed by atoms with van der Waals surface area (Å²) in [4.78, 5) is 6.98. The Morgan fingerprint density at radius 1 is 0.967 bits per heavy atom. The Balaban J connectivity index is 1.42. The number of anilines is 1. The highest BCUT2D eigenvalue weighted by Gasteiger charge is 2.30. The normalized spacial score (nSPS) is 15.5. The van der Waals surface area contributed by atoms with E-state index in [2.05, 4.69) is 4.90 Å². The molecular formula is C20H18Cl3N3O2S2. The second-order valence-electron chi connectivity index (χ2n) is 6.90. The first kappa shape index (κ1) is 21.9. The summed E-state index contributed by atoms with van der Waals surface area (Å²) >= 11 is 19.8. The van der Waals surface area contributed by atoms with E-state index in [1.165, 1.54) is 4.31 Å². The molecule has 0 spiro atoms. The lowest BCUT2D eigenvalue weighted by Crippen LogP contribution is -2.48. The summed E-state index contributed by atoms with van der Waals surface area (Å²) in [5.41, 5.74) is 1.93. The molecule has 0 radical (unpaired) electrons. The van der Waals surface area contributed by atoms with Crippen LogP contribution in [0.15, 0.2) is 52.7 Å². The highest BCUT2D eigenvalue weighted by molar-refractivity contribution is 7.89. The number of sulfonamides is 1. The van der Waals surface area contributed by atoms with Gasteiger partial charge in [-0.3, -0.25) is 0 Å². The van der Waals surface area contributed by atoms with Crippen molar-refractivity contribution in [2.75, 3.05) is 31.1 Å². The Labute approximate surface area is 194 Å². The third kappa shape index (κ3) is 4.77. The minimum Gasteiger partial charge on any atom is -0.345 e. The van der Waals surface area contributed by atoms with E-state index >= 15 is 0 Å². The van der Waals surface area contributed by atoms with E-state index in [1.807, 2.05) is 17.5 Å². The van der Waals surface area contributed by atoms with Crippen molar-refractivity contribution in [3.63, 3.8) is 0 Å². The smallest absolute Gasteiger partial charge is 0.244 e. The van der Waals surface area contributed by atoms with Gasteiger partial charge in [-0.1, -0.05) is 46.9 Å². The zero-order valence-corrected chi connectivity index (χ0v) is 19.7. The van der Waals surface area contributed by atoms with E-state index in [0.717, 1.165) is 16.4 Å². The zero-order chi connectivity index (χ0) is 21.3. The van der Waals surface area contributed by atoms with Crippen LogP contribution < -0.4 is 4.90 Å². The van der Waals surface area contributed by atoms with Crippen LogP contribution in [0, 0.1) is 0 Å². The van der Waals surface area contributed by atoms with Crippen LogP contribution in [0.3, 0.4) is 0 Å². The van der Waals surface area contributed by atoms with E-state index in [4.69, 9.17) is 39.8 Å². The number of piperazine rings is 1. The van der Waals surface area contributed by atoms with Gasteiger partial charge < -0.3 is 4.90 Å². The lowest BCUT2D eigenvalue weighted by molar-refractivity contribution is 0.384. The van der Waals surface area contributed by atoms with Crippen molar-refractivity contribution in [1.82, 2.24) is 9.29 Å². The average Bonchev–Trinajstić information content (AvgIpc) is 3.16.